The Balaban J connectivity index is 2.02. The van der Waals surface area contributed by atoms with Gasteiger partial charge in [-0.1, -0.05) is 31.2 Å². The van der Waals surface area contributed by atoms with Crippen molar-refractivity contribution < 1.29 is 4.79 Å². The van der Waals surface area contributed by atoms with Crippen LogP contribution in [-0.2, 0) is 11.2 Å². The van der Waals surface area contributed by atoms with Crippen molar-refractivity contribution >= 4 is 5.78 Å². The summed E-state index contributed by atoms with van der Waals surface area (Å²) < 4.78 is 0. The van der Waals surface area contributed by atoms with Crippen molar-refractivity contribution in [3.63, 3.8) is 0 Å². The van der Waals surface area contributed by atoms with Crippen molar-refractivity contribution in [2.24, 2.45) is 11.8 Å². The Morgan fingerprint density at radius 2 is 2.07 bits per heavy atom. The van der Waals surface area contributed by atoms with Gasteiger partial charge in [-0.3, -0.25) is 4.79 Å². The third-order valence-corrected chi connectivity index (χ3v) is 3.46. The van der Waals surface area contributed by atoms with E-state index in [0.29, 0.717) is 18.1 Å². The first-order valence-corrected chi connectivity index (χ1v) is 5.75. The molecule has 0 aromatic heterocycles. The zero-order valence-electron chi connectivity index (χ0n) is 9.49. The number of rotatable bonds is 4. The first kappa shape index (κ1) is 10.4. The minimum atomic E-state index is 0.268. The van der Waals surface area contributed by atoms with Crippen LogP contribution in [0.2, 0.25) is 0 Å². The zero-order valence-corrected chi connectivity index (χ0v) is 9.49. The molecule has 1 aromatic carbocycles. The van der Waals surface area contributed by atoms with Gasteiger partial charge in [-0.05, 0) is 36.8 Å². The van der Waals surface area contributed by atoms with Crippen molar-refractivity contribution in [2.45, 2.75) is 33.1 Å². The molecule has 1 atom stereocenters. The highest BCUT2D eigenvalue weighted by atomic mass is 16.1. The fourth-order valence-corrected chi connectivity index (χ4v) is 2.02. The molecule has 1 heteroatoms. The highest BCUT2D eigenvalue weighted by molar-refractivity contribution is 5.83. The predicted octanol–water partition coefficient (Wildman–Crippen LogP) is 3.15. The summed E-state index contributed by atoms with van der Waals surface area (Å²) in [7, 11) is 0. The molecule has 15 heavy (non-hydrogen) atoms. The molecular formula is C14H18O. The minimum absolute atomic E-state index is 0.268. The van der Waals surface area contributed by atoms with Crippen LogP contribution in [0.1, 0.15) is 30.9 Å². The van der Waals surface area contributed by atoms with Crippen LogP contribution in [0.15, 0.2) is 24.3 Å². The Hall–Kier alpha value is -1.11. The maximum absolute atomic E-state index is 11.9. The summed E-state index contributed by atoms with van der Waals surface area (Å²) in [5.74, 6) is 1.36. The molecule has 1 aromatic rings. The number of benzene rings is 1. The van der Waals surface area contributed by atoms with Gasteiger partial charge >= 0.3 is 0 Å². The topological polar surface area (TPSA) is 17.1 Å². The van der Waals surface area contributed by atoms with Crippen LogP contribution in [0.25, 0.3) is 0 Å². The lowest BCUT2D eigenvalue weighted by atomic mass is 9.94. The largest absolute Gasteiger partial charge is 0.299 e. The molecule has 1 saturated carbocycles. The van der Waals surface area contributed by atoms with Crippen molar-refractivity contribution in [3.05, 3.63) is 35.4 Å². The standard InChI is InChI=1S/C14H18O/c1-10-5-3-4-6-13(10)9-14(15)11(2)12-7-8-12/h3-6,11-12H,7-9H2,1-2H3. The fraction of sp³-hybridized carbons (Fsp3) is 0.500. The Bertz CT molecular complexity index is 363. The lowest BCUT2D eigenvalue weighted by Gasteiger charge is -2.10. The molecule has 0 saturated heterocycles. The van der Waals surface area contributed by atoms with Crippen LogP contribution in [0.4, 0.5) is 0 Å². The average Bonchev–Trinajstić information content (AvgIpc) is 3.04. The van der Waals surface area contributed by atoms with Crippen molar-refractivity contribution in [3.8, 4) is 0 Å². The van der Waals surface area contributed by atoms with E-state index >= 15 is 0 Å². The molecule has 0 bridgehead atoms. The summed E-state index contributed by atoms with van der Waals surface area (Å²) in [5.41, 5.74) is 2.42. The second-order valence-electron chi connectivity index (χ2n) is 4.70. The Morgan fingerprint density at radius 3 is 2.67 bits per heavy atom. The molecular weight excluding hydrogens is 184 g/mol. The van der Waals surface area contributed by atoms with Gasteiger partial charge in [-0.15, -0.1) is 0 Å². The molecule has 0 heterocycles. The summed E-state index contributed by atoms with van der Waals surface area (Å²) in [6.07, 6.45) is 3.12. The molecule has 0 radical (unpaired) electrons. The monoisotopic (exact) mass is 202 g/mol. The first-order valence-electron chi connectivity index (χ1n) is 5.75. The number of carbonyl (C=O) groups excluding carboxylic acids is 1. The molecule has 2 rings (SSSR count). The van der Waals surface area contributed by atoms with Crippen LogP contribution in [0.5, 0.6) is 0 Å². The van der Waals surface area contributed by atoms with Gasteiger partial charge in [0.1, 0.15) is 5.78 Å². The second-order valence-corrected chi connectivity index (χ2v) is 4.70. The van der Waals surface area contributed by atoms with E-state index in [1.54, 1.807) is 0 Å². The maximum atomic E-state index is 11.9. The molecule has 0 amide bonds. The highest BCUT2D eigenvalue weighted by Crippen LogP contribution is 2.37. The third-order valence-electron chi connectivity index (χ3n) is 3.46. The molecule has 0 N–H and O–H groups in total. The van der Waals surface area contributed by atoms with Gasteiger partial charge in [0, 0.05) is 12.3 Å². The Morgan fingerprint density at radius 1 is 1.40 bits per heavy atom. The maximum Gasteiger partial charge on any atom is 0.140 e. The Labute approximate surface area is 91.5 Å². The van der Waals surface area contributed by atoms with Gasteiger partial charge in [0.05, 0.1) is 0 Å². The molecule has 1 fully saturated rings. The van der Waals surface area contributed by atoms with Crippen LogP contribution >= 0.6 is 0 Å². The van der Waals surface area contributed by atoms with E-state index in [4.69, 9.17) is 0 Å². The number of hydrogen-bond donors (Lipinski definition) is 0. The summed E-state index contributed by atoms with van der Waals surface area (Å²) >= 11 is 0. The van der Waals surface area contributed by atoms with E-state index in [1.807, 2.05) is 12.1 Å². The number of ketones is 1. The highest BCUT2D eigenvalue weighted by Gasteiger charge is 2.32. The van der Waals surface area contributed by atoms with Crippen molar-refractivity contribution in [1.29, 1.82) is 0 Å². The lowest BCUT2D eigenvalue weighted by Crippen LogP contribution is -2.15. The molecule has 1 nitrogen and oxygen atoms in total. The zero-order chi connectivity index (χ0) is 10.8. The van der Waals surface area contributed by atoms with E-state index < -0.39 is 0 Å². The van der Waals surface area contributed by atoms with Crippen molar-refractivity contribution in [1.82, 2.24) is 0 Å². The van der Waals surface area contributed by atoms with Gasteiger partial charge in [0.25, 0.3) is 0 Å². The van der Waals surface area contributed by atoms with Gasteiger partial charge in [0.15, 0.2) is 0 Å². The normalized spacial score (nSPS) is 17.5. The van der Waals surface area contributed by atoms with Gasteiger partial charge < -0.3 is 0 Å². The lowest BCUT2D eigenvalue weighted by molar-refractivity contribution is -0.122. The summed E-state index contributed by atoms with van der Waals surface area (Å²) in [6.45, 7) is 4.16. The van der Waals surface area contributed by atoms with Crippen molar-refractivity contribution in [2.75, 3.05) is 0 Å². The van der Waals surface area contributed by atoms with Crippen LogP contribution in [0, 0.1) is 18.8 Å². The molecule has 1 aliphatic rings. The Kier molecular flexibility index (Phi) is 2.90. The van der Waals surface area contributed by atoms with Crippen LogP contribution in [-0.4, -0.2) is 5.78 Å². The first-order chi connectivity index (χ1) is 7.18. The number of carbonyl (C=O) groups is 1. The average molecular weight is 202 g/mol. The van der Waals surface area contributed by atoms with E-state index in [-0.39, 0.29) is 5.92 Å². The van der Waals surface area contributed by atoms with E-state index in [1.165, 1.54) is 24.0 Å². The smallest absolute Gasteiger partial charge is 0.140 e. The van der Waals surface area contributed by atoms with E-state index in [9.17, 15) is 4.79 Å². The van der Waals surface area contributed by atoms with Gasteiger partial charge in [-0.2, -0.15) is 0 Å². The van der Waals surface area contributed by atoms with Crippen LogP contribution in [0.3, 0.4) is 0 Å². The molecule has 80 valence electrons. The van der Waals surface area contributed by atoms with E-state index in [2.05, 4.69) is 26.0 Å². The summed E-state index contributed by atoms with van der Waals surface area (Å²) in [5, 5.41) is 0. The third kappa shape index (κ3) is 2.47. The van der Waals surface area contributed by atoms with Gasteiger partial charge in [-0.25, -0.2) is 0 Å². The molecule has 0 aliphatic heterocycles. The van der Waals surface area contributed by atoms with E-state index in [0.717, 1.165) is 0 Å². The quantitative estimate of drug-likeness (QED) is 0.733. The number of Topliss-reactive ketones (excluding diaryl/α,β-unsaturated/α-hetero) is 1. The predicted molar refractivity (Wildman–Crippen MR) is 61.8 cm³/mol. The molecule has 0 spiro atoms. The number of hydrogen-bond acceptors (Lipinski definition) is 1. The van der Waals surface area contributed by atoms with Crippen LogP contribution < -0.4 is 0 Å². The molecule has 1 aliphatic carbocycles. The SMILES string of the molecule is Cc1ccccc1CC(=O)C(C)C1CC1. The van der Waals surface area contributed by atoms with Gasteiger partial charge in [0.2, 0.25) is 0 Å². The minimum Gasteiger partial charge on any atom is -0.299 e. The fourth-order valence-electron chi connectivity index (χ4n) is 2.02. The summed E-state index contributed by atoms with van der Waals surface area (Å²) in [6, 6.07) is 8.17. The number of aryl methyl sites for hydroxylation is 1. The second kappa shape index (κ2) is 4.18. The molecule has 1 unspecified atom stereocenters. The summed E-state index contributed by atoms with van der Waals surface area (Å²) in [4.78, 5) is 11.9.